The third-order valence-corrected chi connectivity index (χ3v) is 4.41. The number of fused-ring (bicyclic) bond motifs is 1. The highest BCUT2D eigenvalue weighted by Crippen LogP contribution is 2.21. The van der Waals surface area contributed by atoms with Gasteiger partial charge >= 0.3 is 12.1 Å². The molecule has 0 aromatic heterocycles. The molecule has 0 bridgehead atoms. The van der Waals surface area contributed by atoms with Gasteiger partial charge in [-0.1, -0.05) is 48.5 Å². The van der Waals surface area contributed by atoms with Gasteiger partial charge in [0.25, 0.3) is 0 Å². The van der Waals surface area contributed by atoms with Crippen molar-refractivity contribution in [3.05, 3.63) is 84.3 Å². The molecule has 5 heteroatoms. The molecule has 155 valence electrons. The summed E-state index contributed by atoms with van der Waals surface area (Å²) in [5, 5.41) is 1.85. The molecular formula is C25H26NO4. The number of benzene rings is 3. The molecule has 1 radical (unpaired) electrons. The Hall–Kier alpha value is -3.34. The smallest absolute Gasteiger partial charge is 0.410 e. The Bertz CT molecular complexity index is 1030. The van der Waals surface area contributed by atoms with Crippen LogP contribution in [0.3, 0.4) is 0 Å². The van der Waals surface area contributed by atoms with Crippen molar-refractivity contribution in [1.29, 1.82) is 0 Å². The molecule has 0 fully saturated rings. The van der Waals surface area contributed by atoms with Gasteiger partial charge in [0.15, 0.2) is 0 Å². The van der Waals surface area contributed by atoms with Crippen LogP contribution >= 0.6 is 0 Å². The second-order valence-electron chi connectivity index (χ2n) is 8.05. The van der Waals surface area contributed by atoms with E-state index in [1.807, 2.05) is 75.7 Å². The summed E-state index contributed by atoms with van der Waals surface area (Å²) in [4.78, 5) is 26.1. The lowest BCUT2D eigenvalue weighted by Gasteiger charge is -2.24. The number of hydrogen-bond donors (Lipinski definition) is 0. The lowest BCUT2D eigenvalue weighted by atomic mass is 10.0. The Balaban J connectivity index is 1.59. The fraction of sp³-hybridized carbons (Fsp3) is 0.240. The van der Waals surface area contributed by atoms with Gasteiger partial charge in [0.05, 0.1) is 5.56 Å². The van der Waals surface area contributed by atoms with E-state index in [2.05, 4.69) is 0 Å². The van der Waals surface area contributed by atoms with Gasteiger partial charge in [0, 0.05) is 20.0 Å². The topological polar surface area (TPSA) is 55.8 Å². The largest absolute Gasteiger partial charge is 0.444 e. The molecule has 0 N–H and O–H groups in total. The summed E-state index contributed by atoms with van der Waals surface area (Å²) < 4.78 is 10.9. The molecule has 3 aromatic rings. The van der Waals surface area contributed by atoms with Crippen molar-refractivity contribution in [3.63, 3.8) is 0 Å². The first-order chi connectivity index (χ1) is 14.2. The van der Waals surface area contributed by atoms with Crippen molar-refractivity contribution in [2.24, 2.45) is 0 Å². The van der Waals surface area contributed by atoms with Crippen LogP contribution in [0, 0.1) is 6.42 Å². The lowest BCUT2D eigenvalue weighted by molar-refractivity contribution is 0.0313. The van der Waals surface area contributed by atoms with Crippen molar-refractivity contribution >= 4 is 22.8 Å². The van der Waals surface area contributed by atoms with Gasteiger partial charge < -0.3 is 14.4 Å². The van der Waals surface area contributed by atoms with Gasteiger partial charge in [-0.3, -0.25) is 0 Å². The summed E-state index contributed by atoms with van der Waals surface area (Å²) in [7, 11) is 1.69. The van der Waals surface area contributed by atoms with Gasteiger partial charge in [0.1, 0.15) is 11.4 Å². The minimum atomic E-state index is -0.527. The number of carbonyl (C=O) groups is 2. The number of ether oxygens (including phenoxy) is 2. The molecule has 3 rings (SSSR count). The lowest BCUT2D eigenvalue weighted by Crippen LogP contribution is -2.34. The highest BCUT2D eigenvalue weighted by molar-refractivity contribution is 6.05. The highest BCUT2D eigenvalue weighted by Gasteiger charge is 2.19. The zero-order valence-corrected chi connectivity index (χ0v) is 17.7. The van der Waals surface area contributed by atoms with E-state index in [0.29, 0.717) is 17.9 Å². The maximum atomic E-state index is 12.6. The van der Waals surface area contributed by atoms with Crippen molar-refractivity contribution in [1.82, 2.24) is 4.90 Å². The van der Waals surface area contributed by atoms with E-state index in [-0.39, 0.29) is 6.09 Å². The van der Waals surface area contributed by atoms with Crippen molar-refractivity contribution < 1.29 is 19.1 Å². The predicted molar refractivity (Wildman–Crippen MR) is 118 cm³/mol. The Kier molecular flexibility index (Phi) is 6.40. The zero-order valence-electron chi connectivity index (χ0n) is 17.7. The van der Waals surface area contributed by atoms with Crippen LogP contribution in [0.1, 0.15) is 36.7 Å². The second kappa shape index (κ2) is 8.99. The first-order valence-corrected chi connectivity index (χ1v) is 9.80. The Morgan fingerprint density at radius 2 is 1.60 bits per heavy atom. The monoisotopic (exact) mass is 404 g/mol. The van der Waals surface area contributed by atoms with Gasteiger partial charge in [0.2, 0.25) is 0 Å². The van der Waals surface area contributed by atoms with E-state index in [4.69, 9.17) is 9.47 Å². The maximum absolute atomic E-state index is 12.6. The Labute approximate surface area is 177 Å². The van der Waals surface area contributed by atoms with E-state index in [1.165, 1.54) is 4.90 Å². The van der Waals surface area contributed by atoms with E-state index in [0.717, 1.165) is 16.3 Å². The summed E-state index contributed by atoms with van der Waals surface area (Å²) >= 11 is 0. The van der Waals surface area contributed by atoms with Crippen LogP contribution in [0.4, 0.5) is 4.79 Å². The number of carbonyl (C=O) groups excluding carboxylic acids is 2. The van der Waals surface area contributed by atoms with E-state index >= 15 is 0 Å². The molecule has 0 heterocycles. The molecule has 5 nitrogen and oxygen atoms in total. The third kappa shape index (κ3) is 5.60. The molecule has 0 atom stereocenters. The van der Waals surface area contributed by atoms with E-state index in [9.17, 15) is 9.59 Å². The summed E-state index contributed by atoms with van der Waals surface area (Å²) in [5.41, 5.74) is 0.916. The molecule has 0 saturated heterocycles. The summed E-state index contributed by atoms with van der Waals surface area (Å²) in [6.07, 6.45) is 1.53. The highest BCUT2D eigenvalue weighted by atomic mass is 16.6. The van der Waals surface area contributed by atoms with Crippen LogP contribution in [0.5, 0.6) is 5.75 Å². The minimum Gasteiger partial charge on any atom is -0.444 e. The van der Waals surface area contributed by atoms with Crippen molar-refractivity contribution in [2.75, 3.05) is 13.6 Å². The SMILES string of the molecule is CN(C[CH]c1ccc(OC(=O)c2cccc3ccccc23)cc1)C(=O)OC(C)(C)C. The quantitative estimate of drug-likeness (QED) is 0.417. The minimum absolute atomic E-state index is 0.376. The van der Waals surface area contributed by atoms with Gasteiger partial charge in [-0.05, 0) is 55.3 Å². The van der Waals surface area contributed by atoms with Crippen LogP contribution in [-0.2, 0) is 4.74 Å². The average Bonchev–Trinajstić information content (AvgIpc) is 2.71. The van der Waals surface area contributed by atoms with Gasteiger partial charge in [-0.25, -0.2) is 9.59 Å². The zero-order chi connectivity index (χ0) is 21.7. The van der Waals surface area contributed by atoms with E-state index < -0.39 is 11.6 Å². The first kappa shape index (κ1) is 21.4. The fourth-order valence-corrected chi connectivity index (χ4v) is 2.89. The number of esters is 1. The van der Waals surface area contributed by atoms with Gasteiger partial charge in [-0.2, -0.15) is 0 Å². The average molecular weight is 404 g/mol. The van der Waals surface area contributed by atoms with Crippen LogP contribution in [0.15, 0.2) is 66.7 Å². The molecule has 0 spiro atoms. The number of rotatable bonds is 5. The van der Waals surface area contributed by atoms with Gasteiger partial charge in [-0.15, -0.1) is 0 Å². The molecule has 30 heavy (non-hydrogen) atoms. The normalized spacial score (nSPS) is 11.2. The standard InChI is InChI=1S/C25H26NO4/c1-25(2,3)30-24(28)26(4)17-16-18-12-14-20(15-13-18)29-23(27)22-11-7-9-19-8-5-6-10-21(19)22/h5-16H,17H2,1-4H3. The summed E-state index contributed by atoms with van der Waals surface area (Å²) in [5.74, 6) is 0.0683. The molecule has 0 saturated carbocycles. The van der Waals surface area contributed by atoms with Crippen LogP contribution in [0.2, 0.25) is 0 Å². The molecule has 1 amide bonds. The maximum Gasteiger partial charge on any atom is 0.410 e. The molecule has 0 aliphatic heterocycles. The van der Waals surface area contributed by atoms with E-state index in [1.54, 1.807) is 25.2 Å². The Morgan fingerprint density at radius 3 is 2.30 bits per heavy atom. The van der Waals surface area contributed by atoms with Crippen molar-refractivity contribution in [3.8, 4) is 5.75 Å². The first-order valence-electron chi connectivity index (χ1n) is 9.80. The predicted octanol–water partition coefficient (Wildman–Crippen LogP) is 5.48. The number of likely N-dealkylation sites (N-methyl/N-ethyl adjacent to an activating group) is 1. The van der Waals surface area contributed by atoms with Crippen LogP contribution < -0.4 is 4.74 Å². The van der Waals surface area contributed by atoms with Crippen molar-refractivity contribution in [2.45, 2.75) is 26.4 Å². The molecule has 3 aromatic carbocycles. The number of amides is 1. The Morgan fingerprint density at radius 1 is 0.933 bits per heavy atom. The number of nitrogens with zero attached hydrogens (tertiary/aromatic N) is 1. The second-order valence-corrected chi connectivity index (χ2v) is 8.05. The van der Waals surface area contributed by atoms with Crippen LogP contribution in [-0.4, -0.2) is 36.2 Å². The molecule has 0 aliphatic carbocycles. The summed E-state index contributed by atoms with van der Waals surface area (Å²) in [6.45, 7) is 5.91. The number of hydrogen-bond acceptors (Lipinski definition) is 4. The van der Waals surface area contributed by atoms with Crippen LogP contribution in [0.25, 0.3) is 10.8 Å². The molecule has 0 unspecified atom stereocenters. The fourth-order valence-electron chi connectivity index (χ4n) is 2.89. The third-order valence-electron chi connectivity index (χ3n) is 4.41. The summed E-state index contributed by atoms with van der Waals surface area (Å²) in [6, 6.07) is 20.4. The molecule has 0 aliphatic rings. The molecular weight excluding hydrogens is 378 g/mol.